The SMILES string of the molecule is CC(C)(C)OC(=O)N1CCN(CCN2CCNCC2)CC1. The van der Waals surface area contributed by atoms with Gasteiger partial charge in [0.15, 0.2) is 0 Å². The number of carbonyl (C=O) groups excluding carboxylic acids is 1. The molecule has 0 aromatic carbocycles. The Labute approximate surface area is 128 Å². The average molecular weight is 298 g/mol. The smallest absolute Gasteiger partial charge is 0.410 e. The molecule has 0 aromatic rings. The van der Waals surface area contributed by atoms with Crippen molar-refractivity contribution >= 4 is 6.09 Å². The van der Waals surface area contributed by atoms with Gasteiger partial charge in [0.25, 0.3) is 0 Å². The van der Waals surface area contributed by atoms with Crippen molar-refractivity contribution < 1.29 is 9.53 Å². The molecule has 6 nitrogen and oxygen atoms in total. The number of hydrogen-bond acceptors (Lipinski definition) is 5. The summed E-state index contributed by atoms with van der Waals surface area (Å²) in [4.78, 5) is 18.8. The largest absolute Gasteiger partial charge is 0.444 e. The maximum absolute atomic E-state index is 12.0. The fourth-order valence-electron chi connectivity index (χ4n) is 2.70. The highest BCUT2D eigenvalue weighted by molar-refractivity contribution is 5.68. The van der Waals surface area contributed by atoms with Gasteiger partial charge in [0.2, 0.25) is 0 Å². The molecule has 0 saturated carbocycles. The van der Waals surface area contributed by atoms with Crippen molar-refractivity contribution in [3.8, 4) is 0 Å². The van der Waals surface area contributed by atoms with Crippen LogP contribution in [0, 0.1) is 0 Å². The molecule has 21 heavy (non-hydrogen) atoms. The van der Waals surface area contributed by atoms with E-state index in [1.165, 1.54) is 0 Å². The van der Waals surface area contributed by atoms with Gasteiger partial charge in [-0.3, -0.25) is 9.80 Å². The summed E-state index contributed by atoms with van der Waals surface area (Å²) in [6, 6.07) is 0. The third-order valence-corrected chi connectivity index (χ3v) is 3.97. The third kappa shape index (κ3) is 5.80. The van der Waals surface area contributed by atoms with Crippen molar-refractivity contribution in [2.75, 3.05) is 65.4 Å². The van der Waals surface area contributed by atoms with Crippen molar-refractivity contribution in [1.82, 2.24) is 20.0 Å². The van der Waals surface area contributed by atoms with E-state index in [9.17, 15) is 4.79 Å². The number of rotatable bonds is 3. The van der Waals surface area contributed by atoms with E-state index in [-0.39, 0.29) is 6.09 Å². The van der Waals surface area contributed by atoms with Gasteiger partial charge < -0.3 is 15.0 Å². The van der Waals surface area contributed by atoms with Crippen LogP contribution in [0.3, 0.4) is 0 Å². The van der Waals surface area contributed by atoms with Crippen molar-refractivity contribution in [2.45, 2.75) is 26.4 Å². The summed E-state index contributed by atoms with van der Waals surface area (Å²) in [5.74, 6) is 0. The van der Waals surface area contributed by atoms with E-state index in [0.717, 1.165) is 65.4 Å². The molecule has 0 unspecified atom stereocenters. The van der Waals surface area contributed by atoms with Gasteiger partial charge >= 0.3 is 6.09 Å². The monoisotopic (exact) mass is 298 g/mol. The second kappa shape index (κ2) is 7.42. The predicted octanol–water partition coefficient (Wildman–Crippen LogP) is 0.444. The van der Waals surface area contributed by atoms with Crippen LogP contribution in [-0.2, 0) is 4.74 Å². The molecule has 122 valence electrons. The van der Waals surface area contributed by atoms with Crippen molar-refractivity contribution in [3.05, 3.63) is 0 Å². The van der Waals surface area contributed by atoms with Crippen LogP contribution in [0.25, 0.3) is 0 Å². The Morgan fingerprint density at radius 1 is 0.952 bits per heavy atom. The van der Waals surface area contributed by atoms with E-state index in [1.54, 1.807) is 0 Å². The fraction of sp³-hybridized carbons (Fsp3) is 0.933. The summed E-state index contributed by atoms with van der Waals surface area (Å²) in [7, 11) is 0. The Morgan fingerprint density at radius 3 is 2.00 bits per heavy atom. The zero-order valence-electron chi connectivity index (χ0n) is 13.7. The highest BCUT2D eigenvalue weighted by Gasteiger charge is 2.25. The van der Waals surface area contributed by atoms with Crippen LogP contribution < -0.4 is 5.32 Å². The minimum Gasteiger partial charge on any atom is -0.444 e. The van der Waals surface area contributed by atoms with Gasteiger partial charge in [-0.1, -0.05) is 0 Å². The molecule has 0 bridgehead atoms. The van der Waals surface area contributed by atoms with Crippen LogP contribution in [0.15, 0.2) is 0 Å². The van der Waals surface area contributed by atoms with E-state index in [0.29, 0.717) is 0 Å². The molecule has 6 heteroatoms. The number of hydrogen-bond donors (Lipinski definition) is 1. The molecule has 2 saturated heterocycles. The Balaban J connectivity index is 1.64. The Morgan fingerprint density at radius 2 is 1.48 bits per heavy atom. The zero-order chi connectivity index (χ0) is 15.3. The van der Waals surface area contributed by atoms with Crippen molar-refractivity contribution in [2.24, 2.45) is 0 Å². The fourth-order valence-corrected chi connectivity index (χ4v) is 2.70. The average Bonchev–Trinajstić information content (AvgIpc) is 2.45. The third-order valence-electron chi connectivity index (χ3n) is 3.97. The normalized spacial score (nSPS) is 22.3. The summed E-state index contributed by atoms with van der Waals surface area (Å²) in [6.07, 6.45) is -0.177. The highest BCUT2D eigenvalue weighted by Crippen LogP contribution is 2.11. The maximum Gasteiger partial charge on any atom is 0.410 e. The highest BCUT2D eigenvalue weighted by atomic mass is 16.6. The molecule has 0 aromatic heterocycles. The quantitative estimate of drug-likeness (QED) is 0.819. The molecule has 1 amide bonds. The van der Waals surface area contributed by atoms with Crippen molar-refractivity contribution in [1.29, 1.82) is 0 Å². The second-order valence-corrected chi connectivity index (χ2v) is 6.90. The van der Waals surface area contributed by atoms with Crippen LogP contribution in [0.5, 0.6) is 0 Å². The lowest BCUT2D eigenvalue weighted by Crippen LogP contribution is -2.52. The van der Waals surface area contributed by atoms with Crippen LogP contribution in [0.2, 0.25) is 0 Å². The molecule has 0 aliphatic carbocycles. The summed E-state index contributed by atoms with van der Waals surface area (Å²) in [5.41, 5.74) is -0.406. The van der Waals surface area contributed by atoms with E-state index >= 15 is 0 Å². The molecule has 2 aliphatic heterocycles. The van der Waals surface area contributed by atoms with E-state index < -0.39 is 5.60 Å². The minimum absolute atomic E-state index is 0.177. The maximum atomic E-state index is 12.0. The summed E-state index contributed by atoms with van der Waals surface area (Å²) < 4.78 is 5.42. The molecule has 0 radical (unpaired) electrons. The number of ether oxygens (including phenoxy) is 1. The summed E-state index contributed by atoms with van der Waals surface area (Å²) >= 11 is 0. The molecule has 2 heterocycles. The number of amides is 1. The first-order valence-electron chi connectivity index (χ1n) is 8.07. The first kappa shape index (κ1) is 16.5. The number of nitrogens with zero attached hydrogens (tertiary/aromatic N) is 3. The number of piperazine rings is 2. The minimum atomic E-state index is -0.406. The summed E-state index contributed by atoms with van der Waals surface area (Å²) in [6.45, 7) is 15.9. The van der Waals surface area contributed by atoms with Crippen LogP contribution in [0.1, 0.15) is 20.8 Å². The first-order chi connectivity index (χ1) is 9.94. The van der Waals surface area contributed by atoms with Gasteiger partial charge in [-0.05, 0) is 20.8 Å². The molecular formula is C15H30N4O2. The molecule has 1 N–H and O–H groups in total. The first-order valence-corrected chi connectivity index (χ1v) is 8.07. The zero-order valence-corrected chi connectivity index (χ0v) is 13.7. The lowest BCUT2D eigenvalue weighted by Gasteiger charge is -2.37. The van der Waals surface area contributed by atoms with E-state index in [1.807, 2.05) is 25.7 Å². The van der Waals surface area contributed by atoms with Crippen molar-refractivity contribution in [3.63, 3.8) is 0 Å². The molecule has 0 atom stereocenters. The topological polar surface area (TPSA) is 48.1 Å². The van der Waals surface area contributed by atoms with Gasteiger partial charge in [-0.2, -0.15) is 0 Å². The van der Waals surface area contributed by atoms with Gasteiger partial charge in [0, 0.05) is 65.4 Å². The molecule has 2 aliphatic rings. The standard InChI is InChI=1S/C15H30N4O2/c1-15(2,3)21-14(20)19-12-10-18(11-13-19)9-8-17-6-4-16-5-7-17/h16H,4-13H2,1-3H3. The van der Waals surface area contributed by atoms with Gasteiger partial charge in [0.05, 0.1) is 0 Å². The van der Waals surface area contributed by atoms with Gasteiger partial charge in [0.1, 0.15) is 5.60 Å². The second-order valence-electron chi connectivity index (χ2n) is 6.90. The van der Waals surface area contributed by atoms with E-state index in [2.05, 4.69) is 15.1 Å². The van der Waals surface area contributed by atoms with Gasteiger partial charge in [-0.25, -0.2) is 4.79 Å². The lowest BCUT2D eigenvalue weighted by atomic mass is 10.2. The lowest BCUT2D eigenvalue weighted by molar-refractivity contribution is 0.0137. The summed E-state index contributed by atoms with van der Waals surface area (Å²) in [5, 5.41) is 3.38. The molecule has 2 fully saturated rings. The van der Waals surface area contributed by atoms with Crippen LogP contribution >= 0.6 is 0 Å². The number of nitrogens with one attached hydrogen (secondary N) is 1. The molecule has 0 spiro atoms. The van der Waals surface area contributed by atoms with Crippen LogP contribution in [-0.4, -0.2) is 91.8 Å². The Bertz CT molecular complexity index is 329. The van der Waals surface area contributed by atoms with E-state index in [4.69, 9.17) is 4.74 Å². The molecular weight excluding hydrogens is 268 g/mol. The Hall–Kier alpha value is -0.850. The number of carbonyl (C=O) groups is 1. The van der Waals surface area contributed by atoms with Gasteiger partial charge in [-0.15, -0.1) is 0 Å². The predicted molar refractivity (Wildman–Crippen MR) is 83.6 cm³/mol. The van der Waals surface area contributed by atoms with Crippen LogP contribution in [0.4, 0.5) is 4.79 Å². The Kier molecular flexibility index (Phi) is 5.84. The molecule has 2 rings (SSSR count).